The molecule has 0 spiro atoms. The molecule has 2 rings (SSSR count). The first kappa shape index (κ1) is 11.0. The summed E-state index contributed by atoms with van der Waals surface area (Å²) in [5, 5.41) is 0. The number of benzene rings is 1. The Morgan fingerprint density at radius 2 is 2.00 bits per heavy atom. The number of anilines is 1. The van der Waals surface area contributed by atoms with Crippen LogP contribution in [0.1, 0.15) is 33.2 Å². The number of nitrogen functional groups attached to an aromatic ring is 1. The molecule has 3 heteroatoms. The van der Waals surface area contributed by atoms with Crippen LogP contribution < -0.4 is 5.73 Å². The van der Waals surface area contributed by atoms with Crippen molar-refractivity contribution in [3.05, 3.63) is 24.3 Å². The second-order valence-corrected chi connectivity index (χ2v) is 4.55. The van der Waals surface area contributed by atoms with E-state index in [9.17, 15) is 0 Å². The van der Waals surface area contributed by atoms with Gasteiger partial charge in [-0.1, -0.05) is 32.9 Å². The minimum absolute atomic E-state index is 0.424. The number of hydrogen-bond acceptors (Lipinski definition) is 2. The Kier molecular flexibility index (Phi) is 2.86. The first-order valence-electron chi connectivity index (χ1n) is 5.87. The van der Waals surface area contributed by atoms with Gasteiger partial charge in [-0.15, -0.1) is 0 Å². The molecule has 2 aromatic rings. The Hall–Kier alpha value is -1.51. The van der Waals surface area contributed by atoms with E-state index in [2.05, 4.69) is 36.4 Å². The number of aromatic nitrogens is 2. The molecule has 0 saturated carbocycles. The van der Waals surface area contributed by atoms with E-state index >= 15 is 0 Å². The summed E-state index contributed by atoms with van der Waals surface area (Å²) in [6.07, 6.45) is 1.07. The number of fused-ring (bicyclic) bond motifs is 1. The minimum Gasteiger partial charge on any atom is -0.369 e. The van der Waals surface area contributed by atoms with Crippen LogP contribution in [-0.4, -0.2) is 9.55 Å². The molecule has 1 heterocycles. The molecule has 1 atom stereocenters. The molecule has 0 radical (unpaired) electrons. The molecule has 0 aliphatic rings. The normalized spacial score (nSPS) is 13.5. The number of para-hydroxylation sites is 2. The highest BCUT2D eigenvalue weighted by Gasteiger charge is 2.18. The highest BCUT2D eigenvalue weighted by Crippen LogP contribution is 2.29. The molecule has 0 aliphatic heterocycles. The standard InChI is InChI=1S/C13H19N3/c1-4-11(9(2)3)16-12-8-6-5-7-10(12)15-13(16)14/h5-9,11H,4H2,1-3H3,(H2,14,15). The lowest BCUT2D eigenvalue weighted by Crippen LogP contribution is -2.16. The van der Waals surface area contributed by atoms with Crippen molar-refractivity contribution in [3.8, 4) is 0 Å². The van der Waals surface area contributed by atoms with Crippen LogP contribution in [-0.2, 0) is 0 Å². The number of hydrogen-bond donors (Lipinski definition) is 1. The van der Waals surface area contributed by atoms with Crippen molar-refractivity contribution in [3.63, 3.8) is 0 Å². The van der Waals surface area contributed by atoms with Gasteiger partial charge in [-0.3, -0.25) is 0 Å². The zero-order valence-electron chi connectivity index (χ0n) is 10.1. The summed E-state index contributed by atoms with van der Waals surface area (Å²) in [5.74, 6) is 1.19. The van der Waals surface area contributed by atoms with Gasteiger partial charge in [-0.05, 0) is 24.5 Å². The fourth-order valence-corrected chi connectivity index (χ4v) is 2.36. The fraction of sp³-hybridized carbons (Fsp3) is 0.462. The van der Waals surface area contributed by atoms with Crippen molar-refractivity contribution in [1.82, 2.24) is 9.55 Å². The van der Waals surface area contributed by atoms with Crippen molar-refractivity contribution in [2.75, 3.05) is 5.73 Å². The molecule has 3 nitrogen and oxygen atoms in total. The highest BCUT2D eigenvalue weighted by atomic mass is 15.2. The largest absolute Gasteiger partial charge is 0.369 e. The fourth-order valence-electron chi connectivity index (χ4n) is 2.36. The van der Waals surface area contributed by atoms with Gasteiger partial charge in [0.05, 0.1) is 11.0 Å². The Labute approximate surface area is 96.3 Å². The third-order valence-electron chi connectivity index (χ3n) is 3.14. The number of nitrogens with zero attached hydrogens (tertiary/aromatic N) is 2. The summed E-state index contributed by atoms with van der Waals surface area (Å²) in [6.45, 7) is 6.64. The van der Waals surface area contributed by atoms with E-state index in [1.54, 1.807) is 0 Å². The van der Waals surface area contributed by atoms with Crippen LogP contribution in [0.2, 0.25) is 0 Å². The highest BCUT2D eigenvalue weighted by molar-refractivity contribution is 5.78. The van der Waals surface area contributed by atoms with Crippen LogP contribution in [0, 0.1) is 5.92 Å². The van der Waals surface area contributed by atoms with Gasteiger partial charge in [0.1, 0.15) is 0 Å². The minimum atomic E-state index is 0.424. The van der Waals surface area contributed by atoms with Crippen LogP contribution in [0.4, 0.5) is 5.95 Å². The summed E-state index contributed by atoms with van der Waals surface area (Å²) < 4.78 is 2.17. The van der Waals surface area contributed by atoms with Crippen LogP contribution in [0.15, 0.2) is 24.3 Å². The zero-order valence-corrected chi connectivity index (χ0v) is 10.1. The van der Waals surface area contributed by atoms with E-state index in [4.69, 9.17) is 5.73 Å². The molecular formula is C13H19N3. The number of imidazole rings is 1. The van der Waals surface area contributed by atoms with Gasteiger partial charge in [0, 0.05) is 6.04 Å². The third kappa shape index (κ3) is 1.66. The Bertz CT molecular complexity index is 485. The summed E-state index contributed by atoms with van der Waals surface area (Å²) in [7, 11) is 0. The molecule has 1 aromatic carbocycles. The van der Waals surface area contributed by atoms with Gasteiger partial charge < -0.3 is 10.3 Å². The molecule has 0 amide bonds. The maximum absolute atomic E-state index is 6.02. The summed E-state index contributed by atoms with van der Waals surface area (Å²) in [4.78, 5) is 4.41. The van der Waals surface area contributed by atoms with Gasteiger partial charge in [0.2, 0.25) is 5.95 Å². The van der Waals surface area contributed by atoms with Crippen molar-refractivity contribution in [2.24, 2.45) is 5.92 Å². The summed E-state index contributed by atoms with van der Waals surface area (Å²) in [6, 6.07) is 8.55. The average Bonchev–Trinajstić information content (AvgIpc) is 2.57. The monoisotopic (exact) mass is 217 g/mol. The van der Waals surface area contributed by atoms with Gasteiger partial charge in [-0.2, -0.15) is 0 Å². The SMILES string of the molecule is CCC(C(C)C)n1c(N)nc2ccccc21. The smallest absolute Gasteiger partial charge is 0.201 e. The lowest BCUT2D eigenvalue weighted by atomic mass is 10.0. The molecule has 2 N–H and O–H groups in total. The molecule has 1 aromatic heterocycles. The van der Waals surface area contributed by atoms with Crippen molar-refractivity contribution < 1.29 is 0 Å². The quantitative estimate of drug-likeness (QED) is 0.857. The molecule has 86 valence electrons. The molecule has 1 unspecified atom stereocenters. The van der Waals surface area contributed by atoms with Gasteiger partial charge in [-0.25, -0.2) is 4.98 Å². The van der Waals surface area contributed by atoms with E-state index in [0.717, 1.165) is 17.5 Å². The van der Waals surface area contributed by atoms with Crippen molar-refractivity contribution in [1.29, 1.82) is 0 Å². The first-order chi connectivity index (χ1) is 7.65. The molecule has 0 fully saturated rings. The summed E-state index contributed by atoms with van der Waals surface area (Å²) >= 11 is 0. The van der Waals surface area contributed by atoms with E-state index in [1.165, 1.54) is 0 Å². The first-order valence-corrected chi connectivity index (χ1v) is 5.87. The molecule has 0 saturated heterocycles. The van der Waals surface area contributed by atoms with E-state index < -0.39 is 0 Å². The predicted octanol–water partition coefficient (Wildman–Crippen LogP) is 3.23. The van der Waals surface area contributed by atoms with E-state index in [1.807, 2.05) is 18.2 Å². The van der Waals surface area contributed by atoms with Gasteiger partial charge in [0.15, 0.2) is 0 Å². The zero-order chi connectivity index (χ0) is 11.7. The summed E-state index contributed by atoms with van der Waals surface area (Å²) in [5.41, 5.74) is 8.14. The Morgan fingerprint density at radius 3 is 2.62 bits per heavy atom. The molecule has 0 bridgehead atoms. The van der Waals surface area contributed by atoms with Crippen LogP contribution >= 0.6 is 0 Å². The maximum Gasteiger partial charge on any atom is 0.201 e. The van der Waals surface area contributed by atoms with Crippen molar-refractivity contribution >= 4 is 17.0 Å². The van der Waals surface area contributed by atoms with Gasteiger partial charge >= 0.3 is 0 Å². The van der Waals surface area contributed by atoms with E-state index in [-0.39, 0.29) is 0 Å². The topological polar surface area (TPSA) is 43.8 Å². The average molecular weight is 217 g/mol. The molecule has 16 heavy (non-hydrogen) atoms. The Balaban J connectivity index is 2.62. The predicted molar refractivity (Wildman–Crippen MR) is 68.3 cm³/mol. The Morgan fingerprint density at radius 1 is 1.31 bits per heavy atom. The van der Waals surface area contributed by atoms with Crippen LogP contribution in [0.25, 0.3) is 11.0 Å². The second kappa shape index (κ2) is 4.16. The van der Waals surface area contributed by atoms with Crippen LogP contribution in [0.3, 0.4) is 0 Å². The lowest BCUT2D eigenvalue weighted by molar-refractivity contribution is 0.377. The van der Waals surface area contributed by atoms with Gasteiger partial charge in [0.25, 0.3) is 0 Å². The van der Waals surface area contributed by atoms with E-state index in [0.29, 0.717) is 17.9 Å². The number of rotatable bonds is 3. The number of nitrogens with two attached hydrogens (primary N) is 1. The lowest BCUT2D eigenvalue weighted by Gasteiger charge is -2.22. The second-order valence-electron chi connectivity index (χ2n) is 4.55. The van der Waals surface area contributed by atoms with Crippen molar-refractivity contribution in [2.45, 2.75) is 33.2 Å². The molecular weight excluding hydrogens is 198 g/mol. The maximum atomic E-state index is 6.02. The molecule has 0 aliphatic carbocycles. The third-order valence-corrected chi connectivity index (χ3v) is 3.14. The van der Waals surface area contributed by atoms with Crippen LogP contribution in [0.5, 0.6) is 0 Å².